The van der Waals surface area contributed by atoms with Gasteiger partial charge in [0.15, 0.2) is 0 Å². The molecule has 0 radical (unpaired) electrons. The van der Waals surface area contributed by atoms with Gasteiger partial charge >= 0.3 is 0 Å². The highest BCUT2D eigenvalue weighted by atomic mass is 14.7. The molecule has 0 amide bonds. The molecule has 11 heavy (non-hydrogen) atoms. The van der Waals surface area contributed by atoms with Crippen molar-refractivity contribution in [3.8, 4) is 0 Å². The van der Waals surface area contributed by atoms with Crippen molar-refractivity contribution in [2.45, 2.75) is 52.0 Å². The summed E-state index contributed by atoms with van der Waals surface area (Å²) in [4.78, 5) is 0. The molecule has 1 aliphatic carbocycles. The largest absolute Gasteiger partial charge is 0.325 e. The van der Waals surface area contributed by atoms with E-state index in [1.165, 1.54) is 25.7 Å². The van der Waals surface area contributed by atoms with Crippen molar-refractivity contribution >= 4 is 0 Å². The van der Waals surface area contributed by atoms with Gasteiger partial charge in [-0.05, 0) is 25.7 Å². The fourth-order valence-corrected chi connectivity index (χ4v) is 2.06. The first-order valence-electron chi connectivity index (χ1n) is 4.80. The van der Waals surface area contributed by atoms with E-state index in [1.54, 1.807) is 0 Å². The number of hydrogen-bond acceptors (Lipinski definition) is 1. The lowest BCUT2D eigenvalue weighted by molar-refractivity contribution is 0.241. The zero-order valence-corrected chi connectivity index (χ0v) is 8.06. The Morgan fingerprint density at radius 2 is 1.73 bits per heavy atom. The van der Waals surface area contributed by atoms with Crippen LogP contribution in [0.25, 0.3) is 0 Å². The maximum atomic E-state index is 6.06. The Labute approximate surface area is 70.4 Å². The molecule has 1 fully saturated rings. The van der Waals surface area contributed by atoms with Crippen molar-refractivity contribution in [1.29, 1.82) is 0 Å². The number of rotatable bonds is 2. The smallest absolute Gasteiger partial charge is 0.0125 e. The zero-order valence-electron chi connectivity index (χ0n) is 8.06. The molecule has 1 nitrogen and oxygen atoms in total. The maximum absolute atomic E-state index is 6.06. The van der Waals surface area contributed by atoms with Crippen molar-refractivity contribution < 1.29 is 0 Å². The van der Waals surface area contributed by atoms with Crippen LogP contribution in [0.4, 0.5) is 0 Å². The molecule has 2 N–H and O–H groups in total. The van der Waals surface area contributed by atoms with Gasteiger partial charge in [0.2, 0.25) is 0 Å². The van der Waals surface area contributed by atoms with Gasteiger partial charge in [-0.15, -0.1) is 0 Å². The molecule has 0 spiro atoms. The van der Waals surface area contributed by atoms with Gasteiger partial charge < -0.3 is 5.73 Å². The van der Waals surface area contributed by atoms with E-state index in [0.717, 1.165) is 5.92 Å². The fraction of sp³-hybridized carbons (Fsp3) is 1.00. The van der Waals surface area contributed by atoms with Crippen LogP contribution in [0.3, 0.4) is 0 Å². The SMILES string of the molecule is CC(C1CCCC1)C(C)(C)N. The van der Waals surface area contributed by atoms with E-state index in [9.17, 15) is 0 Å². The second-order valence-electron chi connectivity index (χ2n) is 4.65. The van der Waals surface area contributed by atoms with Crippen LogP contribution in [0.15, 0.2) is 0 Å². The first-order chi connectivity index (χ1) is 5.02. The molecule has 1 aliphatic rings. The third-order valence-corrected chi connectivity index (χ3v) is 3.28. The minimum Gasteiger partial charge on any atom is -0.325 e. The lowest BCUT2D eigenvalue weighted by Crippen LogP contribution is -2.42. The second kappa shape index (κ2) is 3.14. The van der Waals surface area contributed by atoms with Gasteiger partial charge in [-0.25, -0.2) is 0 Å². The Balaban J connectivity index is 2.46. The third-order valence-electron chi connectivity index (χ3n) is 3.28. The van der Waals surface area contributed by atoms with Crippen molar-refractivity contribution in [1.82, 2.24) is 0 Å². The summed E-state index contributed by atoms with van der Waals surface area (Å²) in [6.07, 6.45) is 5.65. The second-order valence-corrected chi connectivity index (χ2v) is 4.65. The highest BCUT2D eigenvalue weighted by Gasteiger charge is 2.30. The lowest BCUT2D eigenvalue weighted by atomic mass is 9.79. The number of hydrogen-bond donors (Lipinski definition) is 1. The molecule has 0 aliphatic heterocycles. The zero-order chi connectivity index (χ0) is 8.48. The average molecular weight is 155 g/mol. The molecule has 0 heterocycles. The standard InChI is InChI=1S/C10H21N/c1-8(10(2,3)11)9-6-4-5-7-9/h8-9H,4-7,11H2,1-3H3. The van der Waals surface area contributed by atoms with E-state index < -0.39 is 0 Å². The molecule has 0 aromatic heterocycles. The van der Waals surface area contributed by atoms with Crippen LogP contribution in [0.2, 0.25) is 0 Å². The Morgan fingerprint density at radius 3 is 2.09 bits per heavy atom. The summed E-state index contributed by atoms with van der Waals surface area (Å²) >= 11 is 0. The maximum Gasteiger partial charge on any atom is 0.0125 e. The highest BCUT2D eigenvalue weighted by molar-refractivity contribution is 4.86. The predicted molar refractivity (Wildman–Crippen MR) is 49.4 cm³/mol. The monoisotopic (exact) mass is 155 g/mol. The minimum absolute atomic E-state index is 0.0228. The summed E-state index contributed by atoms with van der Waals surface area (Å²) in [7, 11) is 0. The molecular formula is C10H21N. The Hall–Kier alpha value is -0.0400. The van der Waals surface area contributed by atoms with Gasteiger partial charge in [0.25, 0.3) is 0 Å². The first-order valence-corrected chi connectivity index (χ1v) is 4.80. The van der Waals surface area contributed by atoms with E-state index in [4.69, 9.17) is 5.73 Å². The summed E-state index contributed by atoms with van der Waals surface area (Å²) in [5, 5.41) is 0. The highest BCUT2D eigenvalue weighted by Crippen LogP contribution is 2.35. The molecule has 1 unspecified atom stereocenters. The summed E-state index contributed by atoms with van der Waals surface area (Å²) in [6.45, 7) is 6.60. The lowest BCUT2D eigenvalue weighted by Gasteiger charge is -2.32. The Morgan fingerprint density at radius 1 is 1.27 bits per heavy atom. The van der Waals surface area contributed by atoms with Crippen LogP contribution in [0.1, 0.15) is 46.5 Å². The molecule has 0 aromatic carbocycles. The minimum atomic E-state index is 0.0228. The summed E-state index contributed by atoms with van der Waals surface area (Å²) < 4.78 is 0. The van der Waals surface area contributed by atoms with Crippen LogP contribution in [-0.2, 0) is 0 Å². The van der Waals surface area contributed by atoms with Crippen LogP contribution in [0.5, 0.6) is 0 Å². The first kappa shape index (κ1) is 9.05. The van der Waals surface area contributed by atoms with Gasteiger partial charge in [-0.3, -0.25) is 0 Å². The summed E-state index contributed by atoms with van der Waals surface area (Å²) in [5.41, 5.74) is 6.08. The quantitative estimate of drug-likeness (QED) is 0.651. The van der Waals surface area contributed by atoms with Gasteiger partial charge in [0.05, 0.1) is 0 Å². The molecule has 0 bridgehead atoms. The third kappa shape index (κ3) is 2.19. The van der Waals surface area contributed by atoms with Crippen LogP contribution in [0, 0.1) is 11.8 Å². The van der Waals surface area contributed by atoms with Crippen LogP contribution in [-0.4, -0.2) is 5.54 Å². The predicted octanol–water partition coefficient (Wildman–Crippen LogP) is 2.55. The Bertz CT molecular complexity index is 117. The van der Waals surface area contributed by atoms with E-state index in [0.29, 0.717) is 5.92 Å². The normalized spacial score (nSPS) is 24.0. The summed E-state index contributed by atoms with van der Waals surface area (Å²) in [5.74, 6) is 1.58. The van der Waals surface area contributed by atoms with Crippen molar-refractivity contribution in [2.24, 2.45) is 17.6 Å². The van der Waals surface area contributed by atoms with Gasteiger partial charge in [0, 0.05) is 5.54 Å². The van der Waals surface area contributed by atoms with E-state index >= 15 is 0 Å². The van der Waals surface area contributed by atoms with Gasteiger partial charge in [0.1, 0.15) is 0 Å². The molecule has 1 heteroatoms. The molecule has 1 atom stereocenters. The molecule has 0 aromatic rings. The van der Waals surface area contributed by atoms with Crippen molar-refractivity contribution in [2.75, 3.05) is 0 Å². The Kier molecular flexibility index (Phi) is 2.58. The van der Waals surface area contributed by atoms with Gasteiger partial charge in [-0.2, -0.15) is 0 Å². The van der Waals surface area contributed by atoms with Crippen LogP contribution < -0.4 is 5.73 Å². The number of nitrogens with two attached hydrogens (primary N) is 1. The molecule has 0 saturated heterocycles. The van der Waals surface area contributed by atoms with Crippen molar-refractivity contribution in [3.05, 3.63) is 0 Å². The van der Waals surface area contributed by atoms with Crippen molar-refractivity contribution in [3.63, 3.8) is 0 Å². The van der Waals surface area contributed by atoms with E-state index in [-0.39, 0.29) is 5.54 Å². The summed E-state index contributed by atoms with van der Waals surface area (Å²) in [6, 6.07) is 0. The average Bonchev–Trinajstić information content (AvgIpc) is 2.34. The molecule has 1 saturated carbocycles. The topological polar surface area (TPSA) is 26.0 Å². The van der Waals surface area contributed by atoms with Gasteiger partial charge in [-0.1, -0.05) is 32.6 Å². The molecule has 66 valence electrons. The molecule has 1 rings (SSSR count). The molecular weight excluding hydrogens is 134 g/mol. The van der Waals surface area contributed by atoms with E-state index in [2.05, 4.69) is 20.8 Å². The fourth-order valence-electron chi connectivity index (χ4n) is 2.06. The van der Waals surface area contributed by atoms with E-state index in [1.807, 2.05) is 0 Å². The van der Waals surface area contributed by atoms with Crippen LogP contribution >= 0.6 is 0 Å².